The van der Waals surface area contributed by atoms with Gasteiger partial charge in [-0.05, 0) is 44.4 Å². The molecule has 0 unspecified atom stereocenters. The van der Waals surface area contributed by atoms with Crippen LogP contribution >= 0.6 is 0 Å². The minimum Gasteiger partial charge on any atom is -0.481 e. The molecular weight excluding hydrogens is 350 g/mol. The van der Waals surface area contributed by atoms with Gasteiger partial charge in [0.1, 0.15) is 11.2 Å². The topological polar surface area (TPSA) is 110 Å². The highest BCUT2D eigenvalue weighted by Gasteiger charge is 2.19. The summed E-state index contributed by atoms with van der Waals surface area (Å²) in [5, 5.41) is 13.0. The van der Waals surface area contributed by atoms with Crippen molar-refractivity contribution in [1.29, 1.82) is 0 Å². The van der Waals surface area contributed by atoms with E-state index in [9.17, 15) is 14.4 Å². The lowest BCUT2D eigenvalue weighted by Gasteiger charge is -2.10. The molecule has 0 saturated carbocycles. The number of carboxylic acids is 1. The summed E-state index contributed by atoms with van der Waals surface area (Å²) in [5.74, 6) is -1.25. The lowest BCUT2D eigenvalue weighted by molar-refractivity contribution is -0.137. The highest BCUT2D eigenvalue weighted by atomic mass is 16.4. The van der Waals surface area contributed by atoms with Crippen LogP contribution in [0.3, 0.4) is 0 Å². The number of carbonyl (C=O) groups excluding carboxylic acids is 1. The number of hydrogen-bond donors (Lipinski definition) is 2. The van der Waals surface area contributed by atoms with Crippen molar-refractivity contribution in [2.24, 2.45) is 0 Å². The molecule has 0 spiro atoms. The van der Waals surface area contributed by atoms with E-state index in [1.807, 2.05) is 19.9 Å². The van der Waals surface area contributed by atoms with E-state index in [-0.39, 0.29) is 25.3 Å². The van der Waals surface area contributed by atoms with Crippen LogP contribution in [-0.2, 0) is 16.0 Å². The van der Waals surface area contributed by atoms with Gasteiger partial charge < -0.3 is 19.3 Å². The SMILES string of the molecule is Cc1coc2c(C)c3oc(=O)c(CC(=O)NCCCC(=O)O)c(C)c3cc12. The van der Waals surface area contributed by atoms with Crippen molar-refractivity contribution >= 4 is 33.8 Å². The van der Waals surface area contributed by atoms with Crippen LogP contribution in [0.1, 0.15) is 35.1 Å². The van der Waals surface area contributed by atoms with Gasteiger partial charge in [0.15, 0.2) is 0 Å². The van der Waals surface area contributed by atoms with E-state index >= 15 is 0 Å². The third-order valence-electron chi connectivity index (χ3n) is 4.76. The van der Waals surface area contributed by atoms with Crippen molar-refractivity contribution in [3.8, 4) is 0 Å². The number of hydrogen-bond acceptors (Lipinski definition) is 5. The number of aryl methyl sites for hydroxylation is 3. The first-order chi connectivity index (χ1) is 12.8. The monoisotopic (exact) mass is 371 g/mol. The van der Waals surface area contributed by atoms with E-state index in [0.717, 1.165) is 21.9 Å². The second kappa shape index (κ2) is 7.26. The summed E-state index contributed by atoms with van der Waals surface area (Å²) in [6.45, 7) is 5.83. The molecule has 7 nitrogen and oxygen atoms in total. The molecule has 142 valence electrons. The molecule has 27 heavy (non-hydrogen) atoms. The molecule has 0 aliphatic heterocycles. The third kappa shape index (κ3) is 3.58. The van der Waals surface area contributed by atoms with Gasteiger partial charge in [0.05, 0.1) is 18.2 Å². The number of rotatable bonds is 6. The van der Waals surface area contributed by atoms with Gasteiger partial charge in [-0.15, -0.1) is 0 Å². The Balaban J connectivity index is 1.93. The van der Waals surface area contributed by atoms with E-state index in [1.54, 1.807) is 13.2 Å². The van der Waals surface area contributed by atoms with E-state index in [4.69, 9.17) is 13.9 Å². The molecule has 3 rings (SSSR count). The Morgan fingerprint density at radius 3 is 2.56 bits per heavy atom. The van der Waals surface area contributed by atoms with E-state index < -0.39 is 11.6 Å². The first kappa shape index (κ1) is 18.7. The maximum atomic E-state index is 12.4. The van der Waals surface area contributed by atoms with E-state index in [0.29, 0.717) is 28.7 Å². The molecule has 2 aromatic heterocycles. The number of furan rings is 1. The zero-order chi connectivity index (χ0) is 19.7. The fourth-order valence-corrected chi connectivity index (χ4v) is 3.21. The summed E-state index contributed by atoms with van der Waals surface area (Å²) in [6, 6.07) is 1.92. The normalized spacial score (nSPS) is 11.2. The van der Waals surface area contributed by atoms with E-state index in [2.05, 4.69) is 5.32 Å². The van der Waals surface area contributed by atoms with Gasteiger partial charge in [0.25, 0.3) is 0 Å². The van der Waals surface area contributed by atoms with Crippen molar-refractivity contribution < 1.29 is 23.5 Å². The van der Waals surface area contributed by atoms with Gasteiger partial charge in [-0.3, -0.25) is 9.59 Å². The van der Waals surface area contributed by atoms with Gasteiger partial charge in [-0.2, -0.15) is 0 Å². The standard InChI is InChI=1S/C20H21NO6/c1-10-9-26-18-12(3)19-14(7-13(10)18)11(2)15(20(25)27-19)8-16(22)21-6-4-5-17(23)24/h7,9H,4-6,8H2,1-3H3,(H,21,22)(H,23,24). The maximum absolute atomic E-state index is 12.4. The Labute approximate surface area is 155 Å². The lowest BCUT2D eigenvalue weighted by atomic mass is 9.99. The van der Waals surface area contributed by atoms with E-state index in [1.165, 1.54) is 0 Å². The lowest BCUT2D eigenvalue weighted by Crippen LogP contribution is -2.29. The minimum absolute atomic E-state index is 0.0171. The van der Waals surface area contributed by atoms with Crippen LogP contribution in [0.25, 0.3) is 21.9 Å². The summed E-state index contributed by atoms with van der Waals surface area (Å²) < 4.78 is 11.1. The summed E-state index contributed by atoms with van der Waals surface area (Å²) in [7, 11) is 0. The van der Waals surface area contributed by atoms with Crippen LogP contribution in [0, 0.1) is 20.8 Å². The van der Waals surface area contributed by atoms with Crippen molar-refractivity contribution in [3.63, 3.8) is 0 Å². The largest absolute Gasteiger partial charge is 0.481 e. The van der Waals surface area contributed by atoms with Crippen molar-refractivity contribution in [3.05, 3.63) is 45.0 Å². The molecule has 2 heterocycles. The molecule has 1 amide bonds. The Hall–Kier alpha value is -3.09. The number of amides is 1. The molecular formula is C20H21NO6. The number of benzene rings is 1. The minimum atomic E-state index is -0.911. The third-order valence-corrected chi connectivity index (χ3v) is 4.76. The molecule has 1 aromatic carbocycles. The van der Waals surface area contributed by atoms with Gasteiger partial charge in [0.2, 0.25) is 5.91 Å². The average molecular weight is 371 g/mol. The predicted octanol–water partition coefficient (Wildman–Crippen LogP) is 2.99. The van der Waals surface area contributed by atoms with Gasteiger partial charge in [0, 0.05) is 29.3 Å². The first-order valence-electron chi connectivity index (χ1n) is 8.71. The highest BCUT2D eigenvalue weighted by molar-refractivity contribution is 6.00. The Morgan fingerprint density at radius 2 is 1.85 bits per heavy atom. The summed E-state index contributed by atoms with van der Waals surface area (Å²) in [5.41, 5.74) is 3.34. The molecule has 0 saturated heterocycles. The quantitative estimate of drug-likeness (QED) is 0.509. The van der Waals surface area contributed by atoms with Crippen molar-refractivity contribution in [1.82, 2.24) is 5.32 Å². The second-order valence-corrected chi connectivity index (χ2v) is 6.69. The molecule has 0 fully saturated rings. The number of aliphatic carboxylic acids is 1. The van der Waals surface area contributed by atoms with Crippen molar-refractivity contribution in [2.75, 3.05) is 6.54 Å². The van der Waals surface area contributed by atoms with Crippen molar-refractivity contribution in [2.45, 2.75) is 40.0 Å². The fraction of sp³-hybridized carbons (Fsp3) is 0.350. The summed E-state index contributed by atoms with van der Waals surface area (Å²) in [6.07, 6.45) is 1.87. The highest BCUT2D eigenvalue weighted by Crippen LogP contribution is 2.32. The van der Waals surface area contributed by atoms with Crippen LogP contribution in [-0.4, -0.2) is 23.5 Å². The number of nitrogens with one attached hydrogen (secondary N) is 1. The second-order valence-electron chi connectivity index (χ2n) is 6.69. The molecule has 0 bridgehead atoms. The summed E-state index contributed by atoms with van der Waals surface area (Å²) in [4.78, 5) is 35.1. The number of carbonyl (C=O) groups is 2. The van der Waals surface area contributed by atoms with Gasteiger partial charge in [-0.25, -0.2) is 4.79 Å². The van der Waals surface area contributed by atoms with Crippen LogP contribution in [0.15, 0.2) is 26.0 Å². The average Bonchev–Trinajstić information content (AvgIpc) is 2.98. The zero-order valence-corrected chi connectivity index (χ0v) is 15.5. The number of carboxylic acid groups (broad SMARTS) is 1. The van der Waals surface area contributed by atoms with Gasteiger partial charge >= 0.3 is 11.6 Å². The first-order valence-corrected chi connectivity index (χ1v) is 8.71. The fourth-order valence-electron chi connectivity index (χ4n) is 3.21. The zero-order valence-electron chi connectivity index (χ0n) is 15.5. The molecule has 0 aliphatic rings. The van der Waals surface area contributed by atoms with Crippen LogP contribution < -0.4 is 10.9 Å². The summed E-state index contributed by atoms with van der Waals surface area (Å²) >= 11 is 0. The predicted molar refractivity (Wildman–Crippen MR) is 100 cm³/mol. The molecule has 2 N–H and O–H groups in total. The molecule has 0 aliphatic carbocycles. The van der Waals surface area contributed by atoms with Crippen LogP contribution in [0.4, 0.5) is 0 Å². The molecule has 0 atom stereocenters. The Kier molecular flexibility index (Phi) is 5.03. The van der Waals surface area contributed by atoms with Crippen LogP contribution in [0.5, 0.6) is 0 Å². The number of fused-ring (bicyclic) bond motifs is 2. The smallest absolute Gasteiger partial charge is 0.340 e. The Morgan fingerprint density at radius 1 is 1.11 bits per heavy atom. The maximum Gasteiger partial charge on any atom is 0.340 e. The molecule has 3 aromatic rings. The molecule has 0 radical (unpaired) electrons. The molecule has 7 heteroatoms. The Bertz CT molecular complexity index is 1110. The van der Waals surface area contributed by atoms with Crippen LogP contribution in [0.2, 0.25) is 0 Å². The van der Waals surface area contributed by atoms with Gasteiger partial charge in [-0.1, -0.05) is 0 Å².